The Kier molecular flexibility index (Phi) is 10.1. The van der Waals surface area contributed by atoms with Crippen LogP contribution in [0.2, 0.25) is 5.02 Å². The third-order valence-electron chi connectivity index (χ3n) is 6.37. The molecule has 0 aliphatic carbocycles. The topological polar surface area (TPSA) is 112 Å². The Bertz CT molecular complexity index is 1450. The average Bonchev–Trinajstić information content (AvgIpc) is 2.90. The number of aromatic nitrogens is 1. The van der Waals surface area contributed by atoms with Gasteiger partial charge in [-0.1, -0.05) is 30.7 Å². The van der Waals surface area contributed by atoms with Crippen molar-refractivity contribution in [1.29, 1.82) is 0 Å². The predicted molar refractivity (Wildman–Crippen MR) is 154 cm³/mol. The van der Waals surface area contributed by atoms with E-state index in [1.165, 1.54) is 36.1 Å². The lowest BCUT2D eigenvalue weighted by molar-refractivity contribution is -0.122. The quantitative estimate of drug-likeness (QED) is 0.266. The molecule has 0 spiro atoms. The molecule has 1 atom stereocenters. The predicted octanol–water partition coefficient (Wildman–Crippen LogP) is 6.03. The summed E-state index contributed by atoms with van der Waals surface area (Å²) in [6.45, 7) is 7.67. The number of carbonyl (C=O) groups excluding carboxylic acids is 2. The molecule has 1 heterocycles. The number of ether oxygens (including phenoxy) is 2. The molecule has 40 heavy (non-hydrogen) atoms. The Morgan fingerprint density at radius 2 is 1.70 bits per heavy atom. The fourth-order valence-corrected chi connectivity index (χ4v) is 4.51. The molecule has 3 rings (SSSR count). The molecule has 0 fully saturated rings. The first kappa shape index (κ1) is 30.8. The molecule has 0 amide bonds. The monoisotopic (exact) mass is 567 g/mol. The summed E-state index contributed by atoms with van der Waals surface area (Å²) < 4.78 is 12.8. The number of carboxylic acids is 1. The van der Waals surface area contributed by atoms with E-state index in [4.69, 9.17) is 26.2 Å². The number of carbonyl (C=O) groups is 3. The number of pyridine rings is 1. The first-order valence-corrected chi connectivity index (χ1v) is 13.3. The van der Waals surface area contributed by atoms with E-state index in [1.54, 1.807) is 37.3 Å². The highest BCUT2D eigenvalue weighted by atomic mass is 35.5. The van der Waals surface area contributed by atoms with Gasteiger partial charge in [0, 0.05) is 41.7 Å². The first-order chi connectivity index (χ1) is 18.8. The van der Waals surface area contributed by atoms with Crippen LogP contribution >= 0.6 is 11.6 Å². The number of halogens is 1. The number of rotatable bonds is 12. The summed E-state index contributed by atoms with van der Waals surface area (Å²) in [6.07, 6.45) is 1.96. The molecule has 0 bridgehead atoms. The second-order valence-corrected chi connectivity index (χ2v) is 10.8. The van der Waals surface area contributed by atoms with Crippen molar-refractivity contribution in [3.63, 3.8) is 0 Å². The van der Waals surface area contributed by atoms with Crippen LogP contribution < -0.4 is 10.3 Å². The SMILES string of the molecule is CCC(=O)c1ccc(Cl)cc1-c1cc(=O)n([C@H](CCOC(C)(C)C)C(=O)Cc2ccc(C(=O)O)cc2)cc1OC. The van der Waals surface area contributed by atoms with Crippen molar-refractivity contribution in [2.24, 2.45) is 0 Å². The Hall–Kier alpha value is -3.75. The van der Waals surface area contributed by atoms with Crippen molar-refractivity contribution in [2.45, 2.75) is 58.6 Å². The van der Waals surface area contributed by atoms with Gasteiger partial charge < -0.3 is 19.1 Å². The number of hydrogen-bond acceptors (Lipinski definition) is 6. The largest absolute Gasteiger partial charge is 0.495 e. The van der Waals surface area contributed by atoms with Crippen molar-refractivity contribution >= 4 is 29.1 Å². The van der Waals surface area contributed by atoms with Crippen LogP contribution in [0, 0.1) is 0 Å². The molecule has 9 heteroatoms. The highest BCUT2D eigenvalue weighted by Crippen LogP contribution is 2.34. The zero-order valence-electron chi connectivity index (χ0n) is 23.3. The first-order valence-electron chi connectivity index (χ1n) is 13.0. The average molecular weight is 568 g/mol. The summed E-state index contributed by atoms with van der Waals surface area (Å²) >= 11 is 6.24. The highest BCUT2D eigenvalue weighted by Gasteiger charge is 2.25. The van der Waals surface area contributed by atoms with Crippen LogP contribution in [0.1, 0.15) is 72.9 Å². The molecule has 0 saturated heterocycles. The smallest absolute Gasteiger partial charge is 0.335 e. The molecule has 0 unspecified atom stereocenters. The van der Waals surface area contributed by atoms with E-state index in [2.05, 4.69) is 0 Å². The van der Waals surface area contributed by atoms with Gasteiger partial charge in [0.1, 0.15) is 5.75 Å². The van der Waals surface area contributed by atoms with Gasteiger partial charge in [0.2, 0.25) is 0 Å². The number of aromatic carboxylic acids is 1. The zero-order valence-corrected chi connectivity index (χ0v) is 24.1. The molecule has 1 N–H and O–H groups in total. The Labute approximate surface area is 238 Å². The molecule has 0 aliphatic rings. The third kappa shape index (κ3) is 7.67. The fourth-order valence-electron chi connectivity index (χ4n) is 4.33. The van der Waals surface area contributed by atoms with E-state index >= 15 is 0 Å². The van der Waals surface area contributed by atoms with E-state index in [-0.39, 0.29) is 43.0 Å². The summed E-state index contributed by atoms with van der Waals surface area (Å²) in [5, 5.41) is 9.56. The fraction of sp³-hybridized carbons (Fsp3) is 0.355. The lowest BCUT2D eigenvalue weighted by atomic mass is 9.95. The van der Waals surface area contributed by atoms with E-state index in [1.807, 2.05) is 20.8 Å². The molecule has 3 aromatic rings. The van der Waals surface area contributed by atoms with Crippen LogP contribution in [0.4, 0.5) is 0 Å². The highest BCUT2D eigenvalue weighted by molar-refractivity contribution is 6.31. The molecular formula is C31H34ClNO7. The second kappa shape index (κ2) is 13.1. The third-order valence-corrected chi connectivity index (χ3v) is 6.61. The van der Waals surface area contributed by atoms with Crippen molar-refractivity contribution in [3.8, 4) is 16.9 Å². The lowest BCUT2D eigenvalue weighted by Crippen LogP contribution is -2.32. The van der Waals surface area contributed by atoms with Crippen LogP contribution in [0.15, 0.2) is 59.5 Å². The molecule has 212 valence electrons. The number of carboxylic acid groups (broad SMARTS) is 1. The van der Waals surface area contributed by atoms with Crippen molar-refractivity contribution in [1.82, 2.24) is 4.57 Å². The Balaban J connectivity index is 2.06. The minimum absolute atomic E-state index is 0.0139. The van der Waals surface area contributed by atoms with Crippen molar-refractivity contribution in [2.75, 3.05) is 13.7 Å². The van der Waals surface area contributed by atoms with Crippen molar-refractivity contribution < 1.29 is 29.0 Å². The minimum atomic E-state index is -1.06. The number of nitrogens with zero attached hydrogens (tertiary/aromatic N) is 1. The molecule has 8 nitrogen and oxygen atoms in total. The maximum Gasteiger partial charge on any atom is 0.335 e. The normalized spacial score (nSPS) is 12.2. The minimum Gasteiger partial charge on any atom is -0.495 e. The zero-order chi connectivity index (χ0) is 29.6. The summed E-state index contributed by atoms with van der Waals surface area (Å²) in [5.41, 5.74) is 1.11. The van der Waals surface area contributed by atoms with Gasteiger partial charge >= 0.3 is 5.97 Å². The molecule has 1 aromatic heterocycles. The van der Waals surface area contributed by atoms with E-state index in [0.29, 0.717) is 33.0 Å². The lowest BCUT2D eigenvalue weighted by Gasteiger charge is -2.24. The van der Waals surface area contributed by atoms with Crippen LogP contribution in [-0.2, 0) is 16.0 Å². The maximum atomic E-state index is 13.6. The van der Waals surface area contributed by atoms with Crippen LogP contribution in [-0.4, -0.2) is 46.5 Å². The van der Waals surface area contributed by atoms with Gasteiger partial charge in [-0.05, 0) is 68.7 Å². The number of ketones is 2. The van der Waals surface area contributed by atoms with E-state index < -0.39 is 23.2 Å². The molecule has 0 radical (unpaired) electrons. The summed E-state index contributed by atoms with van der Waals surface area (Å²) in [4.78, 5) is 50.9. The van der Waals surface area contributed by atoms with Crippen LogP contribution in [0.25, 0.3) is 11.1 Å². The number of methoxy groups -OCH3 is 1. The van der Waals surface area contributed by atoms with E-state index in [0.717, 1.165) is 0 Å². The molecule has 0 saturated carbocycles. The number of hydrogen-bond donors (Lipinski definition) is 1. The summed E-state index contributed by atoms with van der Waals surface area (Å²) in [7, 11) is 1.45. The van der Waals surface area contributed by atoms with Gasteiger partial charge in [-0.25, -0.2) is 4.79 Å². The maximum absolute atomic E-state index is 13.6. The number of Topliss-reactive ketones (excluding diaryl/α,β-unsaturated/α-hetero) is 2. The van der Waals surface area contributed by atoms with Gasteiger partial charge in [0.15, 0.2) is 11.6 Å². The van der Waals surface area contributed by atoms with Gasteiger partial charge in [0.05, 0.1) is 30.5 Å². The standard InChI is InChI=1S/C31H34ClNO7/c1-6-26(34)22-12-11-21(32)16-23(22)24-17-29(36)33(18-28(24)39-5)25(13-14-40-31(2,3)4)27(35)15-19-7-9-20(10-8-19)30(37)38/h7-12,16-18,25H,6,13-15H2,1-5H3,(H,37,38)/t25-/m1/s1. The van der Waals surface area contributed by atoms with Gasteiger partial charge in [-0.2, -0.15) is 0 Å². The molecular weight excluding hydrogens is 534 g/mol. The Morgan fingerprint density at radius 1 is 1.02 bits per heavy atom. The summed E-state index contributed by atoms with van der Waals surface area (Å²) in [6, 6.07) is 11.4. The number of benzene rings is 2. The van der Waals surface area contributed by atoms with Crippen molar-refractivity contribution in [3.05, 3.63) is 86.8 Å². The second-order valence-electron chi connectivity index (χ2n) is 10.4. The van der Waals surface area contributed by atoms with E-state index in [9.17, 15) is 19.2 Å². The van der Waals surface area contributed by atoms with Crippen LogP contribution in [0.3, 0.4) is 0 Å². The van der Waals surface area contributed by atoms with Crippen LogP contribution in [0.5, 0.6) is 5.75 Å². The van der Waals surface area contributed by atoms with Gasteiger partial charge in [-0.3, -0.25) is 14.4 Å². The summed E-state index contributed by atoms with van der Waals surface area (Å²) in [5.74, 6) is -1.12. The van der Waals surface area contributed by atoms with Gasteiger partial charge in [0.25, 0.3) is 5.56 Å². The van der Waals surface area contributed by atoms with Gasteiger partial charge in [-0.15, -0.1) is 0 Å². The molecule has 2 aromatic carbocycles. The Morgan fingerprint density at radius 3 is 2.27 bits per heavy atom. The molecule has 0 aliphatic heterocycles.